The van der Waals surface area contributed by atoms with Crippen LogP contribution in [0.3, 0.4) is 0 Å². The first kappa shape index (κ1) is 16.3. The lowest BCUT2D eigenvalue weighted by Gasteiger charge is -2.20. The van der Waals surface area contributed by atoms with E-state index in [1.807, 2.05) is 30.3 Å². The standard InChI is InChI=1S/C20H19N3O3/c1-25-17-10-4-9-16(12-17)21-19(24)15-8-3-7-14(11-15)18-22-20(26-23-18)13-5-2-6-13/h3-4,7-13H,2,5-6H2,1H3,(H,21,24). The highest BCUT2D eigenvalue weighted by molar-refractivity contribution is 6.04. The van der Waals surface area contributed by atoms with Crippen molar-refractivity contribution < 1.29 is 14.1 Å². The number of aromatic nitrogens is 2. The van der Waals surface area contributed by atoms with Gasteiger partial charge in [-0.3, -0.25) is 4.79 Å². The molecule has 0 spiro atoms. The summed E-state index contributed by atoms with van der Waals surface area (Å²) in [5.41, 5.74) is 1.96. The summed E-state index contributed by atoms with van der Waals surface area (Å²) in [6, 6.07) is 14.4. The van der Waals surface area contributed by atoms with Crippen molar-refractivity contribution in [2.24, 2.45) is 0 Å². The van der Waals surface area contributed by atoms with Gasteiger partial charge in [0.25, 0.3) is 5.91 Å². The van der Waals surface area contributed by atoms with Crippen LogP contribution in [-0.2, 0) is 0 Å². The van der Waals surface area contributed by atoms with E-state index in [0.29, 0.717) is 34.6 Å². The number of nitrogens with zero attached hydrogens (tertiary/aromatic N) is 2. The number of anilines is 1. The van der Waals surface area contributed by atoms with Crippen LogP contribution in [0.2, 0.25) is 0 Å². The van der Waals surface area contributed by atoms with Crippen LogP contribution in [0, 0.1) is 0 Å². The first-order valence-electron chi connectivity index (χ1n) is 8.62. The van der Waals surface area contributed by atoms with Crippen LogP contribution in [0.15, 0.2) is 53.1 Å². The molecule has 3 aromatic rings. The molecule has 1 fully saturated rings. The minimum absolute atomic E-state index is 0.206. The molecule has 0 saturated heterocycles. The van der Waals surface area contributed by atoms with E-state index in [-0.39, 0.29) is 5.91 Å². The van der Waals surface area contributed by atoms with Gasteiger partial charge in [0.05, 0.1) is 7.11 Å². The van der Waals surface area contributed by atoms with Crippen LogP contribution in [-0.4, -0.2) is 23.2 Å². The van der Waals surface area contributed by atoms with Gasteiger partial charge in [-0.25, -0.2) is 0 Å². The third-order valence-electron chi connectivity index (χ3n) is 4.61. The summed E-state index contributed by atoms with van der Waals surface area (Å²) >= 11 is 0. The predicted molar refractivity (Wildman–Crippen MR) is 97.3 cm³/mol. The van der Waals surface area contributed by atoms with Crippen LogP contribution in [0.25, 0.3) is 11.4 Å². The third kappa shape index (κ3) is 3.31. The average Bonchev–Trinajstić information content (AvgIpc) is 3.10. The zero-order chi connectivity index (χ0) is 17.9. The quantitative estimate of drug-likeness (QED) is 0.744. The maximum absolute atomic E-state index is 12.5. The molecule has 0 radical (unpaired) electrons. The van der Waals surface area contributed by atoms with Gasteiger partial charge >= 0.3 is 0 Å². The van der Waals surface area contributed by atoms with Gasteiger partial charge in [0.1, 0.15) is 5.75 Å². The fraction of sp³-hybridized carbons (Fsp3) is 0.250. The number of carbonyl (C=O) groups is 1. The number of carbonyl (C=O) groups excluding carboxylic acids is 1. The van der Waals surface area contributed by atoms with Gasteiger partial charge in [0, 0.05) is 28.8 Å². The molecule has 0 atom stereocenters. The molecule has 0 bridgehead atoms. The molecular weight excluding hydrogens is 330 g/mol. The summed E-state index contributed by atoms with van der Waals surface area (Å²) in [6.07, 6.45) is 3.41. The van der Waals surface area contributed by atoms with Gasteiger partial charge in [-0.05, 0) is 37.1 Å². The van der Waals surface area contributed by atoms with Crippen molar-refractivity contribution in [1.29, 1.82) is 0 Å². The van der Waals surface area contributed by atoms with Crippen molar-refractivity contribution in [3.63, 3.8) is 0 Å². The largest absolute Gasteiger partial charge is 0.497 e. The number of benzene rings is 2. The Hall–Kier alpha value is -3.15. The first-order chi connectivity index (χ1) is 12.7. The lowest BCUT2D eigenvalue weighted by atomic mass is 9.85. The first-order valence-corrected chi connectivity index (χ1v) is 8.62. The van der Waals surface area contributed by atoms with Crippen molar-refractivity contribution in [2.75, 3.05) is 12.4 Å². The van der Waals surface area contributed by atoms with Gasteiger partial charge in [0.2, 0.25) is 11.7 Å². The number of nitrogens with one attached hydrogen (secondary N) is 1. The summed E-state index contributed by atoms with van der Waals surface area (Å²) in [7, 11) is 1.59. The van der Waals surface area contributed by atoms with Crippen LogP contribution in [0.5, 0.6) is 5.75 Å². The SMILES string of the molecule is COc1cccc(NC(=O)c2cccc(-c3noc(C4CCC4)n3)c2)c1. The van der Waals surface area contributed by atoms with E-state index in [9.17, 15) is 4.79 Å². The Morgan fingerprint density at radius 2 is 2.04 bits per heavy atom. The predicted octanol–water partition coefficient (Wildman–Crippen LogP) is 4.27. The maximum atomic E-state index is 12.5. The Morgan fingerprint density at radius 3 is 2.81 bits per heavy atom. The average molecular weight is 349 g/mol. The molecule has 1 amide bonds. The molecule has 1 heterocycles. The third-order valence-corrected chi connectivity index (χ3v) is 4.61. The Labute approximate surface area is 151 Å². The number of hydrogen-bond donors (Lipinski definition) is 1. The smallest absolute Gasteiger partial charge is 0.255 e. The lowest BCUT2D eigenvalue weighted by molar-refractivity contribution is 0.102. The van der Waals surface area contributed by atoms with Crippen molar-refractivity contribution in [1.82, 2.24) is 10.1 Å². The molecule has 4 rings (SSSR count). The van der Waals surface area contributed by atoms with Crippen molar-refractivity contribution in [3.8, 4) is 17.1 Å². The molecule has 0 unspecified atom stereocenters. The van der Waals surface area contributed by atoms with Crippen LogP contribution < -0.4 is 10.1 Å². The Bertz CT molecular complexity index is 931. The molecular formula is C20H19N3O3. The summed E-state index contributed by atoms with van der Waals surface area (Å²) in [6.45, 7) is 0. The minimum Gasteiger partial charge on any atom is -0.497 e. The van der Waals surface area contributed by atoms with Gasteiger partial charge in [-0.1, -0.05) is 29.8 Å². The van der Waals surface area contributed by atoms with E-state index >= 15 is 0 Å². The molecule has 0 aliphatic heterocycles. The highest BCUT2D eigenvalue weighted by atomic mass is 16.5. The highest BCUT2D eigenvalue weighted by Crippen LogP contribution is 2.36. The normalized spacial score (nSPS) is 13.9. The molecule has 1 aliphatic carbocycles. The second-order valence-electron chi connectivity index (χ2n) is 6.35. The van der Waals surface area contributed by atoms with Crippen molar-refractivity contribution in [2.45, 2.75) is 25.2 Å². The summed E-state index contributed by atoms with van der Waals surface area (Å²) < 4.78 is 10.5. The number of hydrogen-bond acceptors (Lipinski definition) is 5. The highest BCUT2D eigenvalue weighted by Gasteiger charge is 2.25. The van der Waals surface area contributed by atoms with Crippen molar-refractivity contribution >= 4 is 11.6 Å². The second kappa shape index (κ2) is 7.00. The van der Waals surface area contributed by atoms with Gasteiger partial charge in [0.15, 0.2) is 0 Å². The fourth-order valence-electron chi connectivity index (χ4n) is 2.88. The summed E-state index contributed by atoms with van der Waals surface area (Å²) in [4.78, 5) is 17.0. The Morgan fingerprint density at radius 1 is 1.19 bits per heavy atom. The molecule has 26 heavy (non-hydrogen) atoms. The lowest BCUT2D eigenvalue weighted by Crippen LogP contribution is -2.12. The van der Waals surface area contributed by atoms with Crippen LogP contribution in [0.4, 0.5) is 5.69 Å². The molecule has 6 heteroatoms. The number of rotatable bonds is 5. The van der Waals surface area contributed by atoms with E-state index in [1.54, 1.807) is 25.3 Å². The topological polar surface area (TPSA) is 77.2 Å². The molecule has 2 aromatic carbocycles. The number of methoxy groups -OCH3 is 1. The fourth-order valence-corrected chi connectivity index (χ4v) is 2.88. The summed E-state index contributed by atoms with van der Waals surface area (Å²) in [5, 5.41) is 6.93. The zero-order valence-corrected chi connectivity index (χ0v) is 14.4. The summed E-state index contributed by atoms with van der Waals surface area (Å²) in [5.74, 6) is 2.07. The Balaban J connectivity index is 1.53. The van der Waals surface area contributed by atoms with E-state index in [4.69, 9.17) is 9.26 Å². The monoisotopic (exact) mass is 349 g/mol. The van der Waals surface area contributed by atoms with E-state index in [2.05, 4.69) is 15.5 Å². The van der Waals surface area contributed by atoms with Crippen LogP contribution >= 0.6 is 0 Å². The molecule has 6 nitrogen and oxygen atoms in total. The molecule has 132 valence electrons. The minimum atomic E-state index is -0.206. The van der Waals surface area contributed by atoms with E-state index < -0.39 is 0 Å². The second-order valence-corrected chi connectivity index (χ2v) is 6.35. The molecule has 1 aliphatic rings. The Kier molecular flexibility index (Phi) is 4.39. The number of amides is 1. The zero-order valence-electron chi connectivity index (χ0n) is 14.4. The van der Waals surface area contributed by atoms with Gasteiger partial charge in [-0.2, -0.15) is 4.98 Å². The van der Waals surface area contributed by atoms with Gasteiger partial charge < -0.3 is 14.6 Å². The van der Waals surface area contributed by atoms with Gasteiger partial charge in [-0.15, -0.1) is 0 Å². The molecule has 1 N–H and O–H groups in total. The number of ether oxygens (including phenoxy) is 1. The van der Waals surface area contributed by atoms with Crippen LogP contribution in [0.1, 0.15) is 41.4 Å². The van der Waals surface area contributed by atoms with E-state index in [1.165, 1.54) is 6.42 Å². The molecule has 1 aromatic heterocycles. The molecule has 1 saturated carbocycles. The van der Waals surface area contributed by atoms with Crippen molar-refractivity contribution in [3.05, 3.63) is 60.0 Å². The van der Waals surface area contributed by atoms with E-state index in [0.717, 1.165) is 18.4 Å². The maximum Gasteiger partial charge on any atom is 0.255 e.